The minimum atomic E-state index is -0.502. The molecule has 10 nitrogen and oxygen atoms in total. The van der Waals surface area contributed by atoms with Crippen molar-refractivity contribution in [2.75, 3.05) is 0 Å². The molecular weight excluding hydrogens is 468 g/mol. The van der Waals surface area contributed by atoms with E-state index in [9.17, 15) is 29.8 Å². The molecule has 0 spiro atoms. The molecule has 0 saturated carbocycles. The van der Waals surface area contributed by atoms with E-state index in [0.717, 1.165) is 64.2 Å². The van der Waals surface area contributed by atoms with Crippen molar-refractivity contribution < 1.29 is 28.9 Å². The molecular formula is C26H32N2O8. The van der Waals surface area contributed by atoms with Crippen molar-refractivity contribution in [1.29, 1.82) is 0 Å². The van der Waals surface area contributed by atoms with E-state index >= 15 is 0 Å². The molecule has 36 heavy (non-hydrogen) atoms. The Balaban J connectivity index is 1.39. The zero-order valence-corrected chi connectivity index (χ0v) is 20.3. The summed E-state index contributed by atoms with van der Waals surface area (Å²) < 4.78 is 10.4. The lowest BCUT2D eigenvalue weighted by Gasteiger charge is -2.05. The Kier molecular flexibility index (Phi) is 12.6. The van der Waals surface area contributed by atoms with Gasteiger partial charge in [0, 0.05) is 37.1 Å². The van der Waals surface area contributed by atoms with Crippen LogP contribution in [0, 0.1) is 20.2 Å². The molecule has 0 atom stereocenters. The highest BCUT2D eigenvalue weighted by Crippen LogP contribution is 2.20. The predicted molar refractivity (Wildman–Crippen MR) is 133 cm³/mol. The highest BCUT2D eigenvalue weighted by atomic mass is 16.6. The third-order valence-corrected chi connectivity index (χ3v) is 5.57. The van der Waals surface area contributed by atoms with E-state index in [1.54, 1.807) is 0 Å². The van der Waals surface area contributed by atoms with Gasteiger partial charge in [-0.1, -0.05) is 51.4 Å². The molecule has 10 heteroatoms. The van der Waals surface area contributed by atoms with E-state index < -0.39 is 9.85 Å². The topological polar surface area (TPSA) is 139 Å². The van der Waals surface area contributed by atoms with Crippen molar-refractivity contribution in [3.8, 4) is 11.5 Å². The van der Waals surface area contributed by atoms with Gasteiger partial charge >= 0.3 is 11.9 Å². The number of unbranched alkanes of at least 4 members (excludes halogenated alkanes) is 9. The fourth-order valence-corrected chi connectivity index (χ4v) is 3.59. The van der Waals surface area contributed by atoms with Gasteiger partial charge in [0.2, 0.25) is 0 Å². The number of nitro groups is 2. The van der Waals surface area contributed by atoms with Crippen LogP contribution in [0.5, 0.6) is 11.5 Å². The highest BCUT2D eigenvalue weighted by Gasteiger charge is 2.09. The zero-order chi connectivity index (χ0) is 26.2. The van der Waals surface area contributed by atoms with Gasteiger partial charge in [0.25, 0.3) is 11.4 Å². The molecule has 0 heterocycles. The summed E-state index contributed by atoms with van der Waals surface area (Å²) in [5.41, 5.74) is -0.0901. The number of ether oxygens (including phenoxy) is 2. The van der Waals surface area contributed by atoms with Crippen LogP contribution in [0.15, 0.2) is 48.5 Å². The van der Waals surface area contributed by atoms with Gasteiger partial charge < -0.3 is 9.47 Å². The predicted octanol–water partition coefficient (Wildman–Crippen LogP) is 6.70. The number of carbonyl (C=O) groups is 2. The number of rotatable bonds is 17. The normalized spacial score (nSPS) is 10.6. The number of benzene rings is 2. The molecule has 2 rings (SSSR count). The monoisotopic (exact) mass is 500 g/mol. The van der Waals surface area contributed by atoms with Gasteiger partial charge in [-0.15, -0.1) is 0 Å². The standard InChI is InChI=1S/C26H32N2O8/c29-25(35-23-17-13-21(14-18-23)27(31)32)11-9-7-5-3-1-2-4-6-8-10-12-26(30)36-24-19-15-22(16-20-24)28(33)34/h13-20H,1-12H2. The van der Waals surface area contributed by atoms with Gasteiger partial charge in [0.05, 0.1) is 9.85 Å². The van der Waals surface area contributed by atoms with Crippen molar-refractivity contribution in [3.63, 3.8) is 0 Å². The van der Waals surface area contributed by atoms with Crippen molar-refractivity contribution in [3.05, 3.63) is 68.8 Å². The van der Waals surface area contributed by atoms with Crippen molar-refractivity contribution in [2.45, 2.75) is 77.0 Å². The van der Waals surface area contributed by atoms with E-state index in [2.05, 4.69) is 0 Å². The van der Waals surface area contributed by atoms with Gasteiger partial charge in [-0.3, -0.25) is 29.8 Å². The Labute approximate surface area is 209 Å². The number of nitro benzene ring substituents is 2. The minimum absolute atomic E-state index is 0.0451. The molecule has 2 aromatic carbocycles. The number of hydrogen-bond acceptors (Lipinski definition) is 8. The average molecular weight is 501 g/mol. The summed E-state index contributed by atoms with van der Waals surface area (Å²) in [5, 5.41) is 21.3. The van der Waals surface area contributed by atoms with Crippen LogP contribution >= 0.6 is 0 Å². The van der Waals surface area contributed by atoms with Crippen molar-refractivity contribution >= 4 is 23.3 Å². The first-order valence-electron chi connectivity index (χ1n) is 12.3. The molecule has 0 aliphatic heterocycles. The Bertz CT molecular complexity index is 909. The Morgan fingerprint density at radius 2 is 0.806 bits per heavy atom. The third kappa shape index (κ3) is 11.5. The van der Waals surface area contributed by atoms with E-state index in [4.69, 9.17) is 9.47 Å². The first-order chi connectivity index (χ1) is 17.3. The first-order valence-corrected chi connectivity index (χ1v) is 12.3. The third-order valence-electron chi connectivity index (χ3n) is 5.57. The second-order valence-electron chi connectivity index (χ2n) is 8.49. The van der Waals surface area contributed by atoms with E-state index in [-0.39, 0.29) is 23.3 Å². The maximum absolute atomic E-state index is 11.9. The zero-order valence-electron chi connectivity index (χ0n) is 20.3. The molecule has 0 radical (unpaired) electrons. The summed E-state index contributed by atoms with van der Waals surface area (Å²) in [6.45, 7) is 0. The first kappa shape index (κ1) is 28.4. The summed E-state index contributed by atoms with van der Waals surface area (Å²) in [4.78, 5) is 44.0. The van der Waals surface area contributed by atoms with Crippen molar-refractivity contribution in [1.82, 2.24) is 0 Å². The molecule has 0 unspecified atom stereocenters. The fourth-order valence-electron chi connectivity index (χ4n) is 3.59. The number of non-ortho nitro benzene ring substituents is 2. The van der Waals surface area contributed by atoms with E-state index in [1.165, 1.54) is 48.5 Å². The van der Waals surface area contributed by atoms with Gasteiger partial charge in [0.1, 0.15) is 11.5 Å². The summed E-state index contributed by atoms with van der Waals surface area (Å²) >= 11 is 0. The molecule has 0 aliphatic rings. The second kappa shape index (κ2) is 16.0. The summed E-state index contributed by atoms with van der Waals surface area (Å²) in [5.74, 6) is -0.0417. The molecule has 0 N–H and O–H groups in total. The maximum atomic E-state index is 11.9. The fraction of sp³-hybridized carbons (Fsp3) is 0.462. The quantitative estimate of drug-likeness (QED) is 0.0769. The lowest BCUT2D eigenvalue weighted by atomic mass is 10.1. The average Bonchev–Trinajstić information content (AvgIpc) is 2.85. The van der Waals surface area contributed by atoms with E-state index in [0.29, 0.717) is 24.3 Å². The van der Waals surface area contributed by atoms with Gasteiger partial charge in [0.15, 0.2) is 0 Å². The molecule has 0 bridgehead atoms. The number of carbonyl (C=O) groups excluding carboxylic acids is 2. The number of nitrogens with zero attached hydrogens (tertiary/aromatic N) is 2. The number of esters is 2. The summed E-state index contributed by atoms with van der Waals surface area (Å²) in [6.07, 6.45) is 10.6. The van der Waals surface area contributed by atoms with Crippen LogP contribution in [0.4, 0.5) is 11.4 Å². The Hall–Kier alpha value is -3.82. The van der Waals surface area contributed by atoms with Crippen LogP contribution in [-0.4, -0.2) is 21.8 Å². The molecule has 2 aromatic rings. The van der Waals surface area contributed by atoms with Crippen LogP contribution in [0.2, 0.25) is 0 Å². The summed E-state index contributed by atoms with van der Waals surface area (Å²) in [7, 11) is 0. The smallest absolute Gasteiger partial charge is 0.311 e. The van der Waals surface area contributed by atoms with E-state index in [1.807, 2.05) is 0 Å². The molecule has 194 valence electrons. The van der Waals surface area contributed by atoms with Crippen LogP contribution in [0.1, 0.15) is 77.0 Å². The lowest BCUT2D eigenvalue weighted by Crippen LogP contribution is -2.07. The van der Waals surface area contributed by atoms with Crippen LogP contribution < -0.4 is 9.47 Å². The Morgan fingerprint density at radius 3 is 1.08 bits per heavy atom. The lowest BCUT2D eigenvalue weighted by molar-refractivity contribution is -0.385. The number of hydrogen-bond donors (Lipinski definition) is 0. The van der Waals surface area contributed by atoms with Gasteiger partial charge in [-0.25, -0.2) is 0 Å². The van der Waals surface area contributed by atoms with Crippen molar-refractivity contribution in [2.24, 2.45) is 0 Å². The SMILES string of the molecule is O=C(CCCCCCCCCCCCC(=O)Oc1ccc([N+](=O)[O-])cc1)Oc1ccc([N+](=O)[O-])cc1. The van der Waals surface area contributed by atoms with Crippen LogP contribution in [-0.2, 0) is 9.59 Å². The molecule has 0 aromatic heterocycles. The minimum Gasteiger partial charge on any atom is -0.427 e. The molecule has 0 fully saturated rings. The Morgan fingerprint density at radius 1 is 0.528 bits per heavy atom. The maximum Gasteiger partial charge on any atom is 0.311 e. The van der Waals surface area contributed by atoms with Crippen LogP contribution in [0.3, 0.4) is 0 Å². The van der Waals surface area contributed by atoms with Gasteiger partial charge in [-0.05, 0) is 37.1 Å². The van der Waals surface area contributed by atoms with Crippen LogP contribution in [0.25, 0.3) is 0 Å². The largest absolute Gasteiger partial charge is 0.427 e. The van der Waals surface area contributed by atoms with Gasteiger partial charge in [-0.2, -0.15) is 0 Å². The molecule has 0 saturated heterocycles. The molecule has 0 amide bonds. The second-order valence-corrected chi connectivity index (χ2v) is 8.49. The molecule has 0 aliphatic carbocycles. The highest BCUT2D eigenvalue weighted by molar-refractivity contribution is 5.72. The summed E-state index contributed by atoms with van der Waals surface area (Å²) in [6, 6.07) is 10.9.